The molecule has 0 unspecified atom stereocenters. The Morgan fingerprint density at radius 2 is 2.00 bits per heavy atom. The summed E-state index contributed by atoms with van der Waals surface area (Å²) in [5.74, 6) is 0. The molecule has 0 saturated heterocycles. The quantitative estimate of drug-likeness (QED) is 0.626. The Hall–Kier alpha value is -3.09. The number of H-pyrrole nitrogens is 1. The highest BCUT2D eigenvalue weighted by atomic mass is 16.2. The topological polar surface area (TPSA) is 87.6 Å². The number of amides is 2. The molecule has 1 saturated carbocycles. The maximum Gasteiger partial charge on any atom is 0.319 e. The Morgan fingerprint density at radius 1 is 1.22 bits per heavy atom. The number of carbonyl (C=O) groups is 1. The molecule has 2 aromatic heterocycles. The summed E-state index contributed by atoms with van der Waals surface area (Å²) in [5.41, 5.74) is 5.07. The van der Waals surface area contributed by atoms with Crippen LogP contribution >= 0.6 is 0 Å². The van der Waals surface area contributed by atoms with Crippen molar-refractivity contribution >= 4 is 11.7 Å². The third-order valence-corrected chi connectivity index (χ3v) is 5.12. The number of urea groups is 1. The molecule has 3 aromatic rings. The van der Waals surface area contributed by atoms with Crippen LogP contribution in [-0.2, 0) is 6.54 Å². The Morgan fingerprint density at radius 3 is 2.59 bits per heavy atom. The molecule has 0 radical (unpaired) electrons. The summed E-state index contributed by atoms with van der Waals surface area (Å²) in [4.78, 5) is 12.3. The number of aryl methyl sites for hydroxylation is 2. The summed E-state index contributed by atoms with van der Waals surface area (Å²) in [6.07, 6.45) is 3.95. The summed E-state index contributed by atoms with van der Waals surface area (Å²) in [6, 6.07) is 11.5. The first-order chi connectivity index (χ1) is 13.0. The van der Waals surface area contributed by atoms with Crippen molar-refractivity contribution in [1.82, 2.24) is 25.3 Å². The summed E-state index contributed by atoms with van der Waals surface area (Å²) in [7, 11) is 0. The highest BCUT2D eigenvalue weighted by Gasteiger charge is 2.43. The van der Waals surface area contributed by atoms with Crippen LogP contribution in [0.2, 0.25) is 0 Å². The zero-order valence-corrected chi connectivity index (χ0v) is 15.6. The Labute approximate surface area is 158 Å². The minimum absolute atomic E-state index is 0.130. The number of aromatic amines is 1. The minimum atomic E-state index is -0.177. The molecule has 4 rings (SSSR count). The summed E-state index contributed by atoms with van der Waals surface area (Å²) >= 11 is 0. The molecule has 0 spiro atoms. The molecule has 1 aliphatic rings. The van der Waals surface area contributed by atoms with Crippen molar-refractivity contribution in [1.29, 1.82) is 0 Å². The number of benzene rings is 1. The van der Waals surface area contributed by atoms with Gasteiger partial charge in [-0.1, -0.05) is 12.1 Å². The average molecular weight is 364 g/mol. The number of aromatic nitrogens is 4. The maximum absolute atomic E-state index is 12.3. The minimum Gasteiger partial charge on any atom is -0.337 e. The van der Waals surface area contributed by atoms with Crippen LogP contribution in [0.3, 0.4) is 0 Å². The van der Waals surface area contributed by atoms with Crippen molar-refractivity contribution in [3.05, 3.63) is 54.0 Å². The van der Waals surface area contributed by atoms with Gasteiger partial charge in [0.05, 0.1) is 11.4 Å². The van der Waals surface area contributed by atoms with Gasteiger partial charge >= 0.3 is 6.03 Å². The van der Waals surface area contributed by atoms with Crippen molar-refractivity contribution in [2.45, 2.75) is 33.2 Å². The normalized spacial score (nSPS) is 14.7. The number of carbonyl (C=O) groups excluding carboxylic acids is 1. The number of hydrogen-bond donors (Lipinski definition) is 3. The molecular weight excluding hydrogens is 340 g/mol. The molecule has 2 heterocycles. The Balaban J connectivity index is 1.30. The van der Waals surface area contributed by atoms with E-state index in [9.17, 15) is 4.79 Å². The molecule has 1 aromatic carbocycles. The summed E-state index contributed by atoms with van der Waals surface area (Å²) < 4.78 is 2.05. The van der Waals surface area contributed by atoms with Crippen molar-refractivity contribution in [2.24, 2.45) is 5.41 Å². The van der Waals surface area contributed by atoms with Gasteiger partial charge in [0.15, 0.2) is 0 Å². The molecular formula is C20H24N6O. The van der Waals surface area contributed by atoms with E-state index in [1.165, 1.54) is 5.69 Å². The van der Waals surface area contributed by atoms with E-state index in [2.05, 4.69) is 43.6 Å². The first-order valence-corrected chi connectivity index (χ1v) is 9.19. The predicted molar refractivity (Wildman–Crippen MR) is 104 cm³/mol. The number of nitrogens with zero attached hydrogens (tertiary/aromatic N) is 3. The third kappa shape index (κ3) is 4.02. The van der Waals surface area contributed by atoms with Gasteiger partial charge in [0.1, 0.15) is 0 Å². The van der Waals surface area contributed by atoms with E-state index in [0.717, 1.165) is 42.0 Å². The molecule has 0 bridgehead atoms. The molecule has 27 heavy (non-hydrogen) atoms. The van der Waals surface area contributed by atoms with Gasteiger partial charge in [0.2, 0.25) is 0 Å². The van der Waals surface area contributed by atoms with Gasteiger partial charge in [-0.15, -0.1) is 0 Å². The molecule has 7 nitrogen and oxygen atoms in total. The first-order valence-electron chi connectivity index (χ1n) is 9.19. The Bertz CT molecular complexity index is 922. The van der Waals surface area contributed by atoms with E-state index in [0.29, 0.717) is 6.54 Å². The largest absolute Gasteiger partial charge is 0.337 e. The second kappa shape index (κ2) is 6.90. The lowest BCUT2D eigenvalue weighted by atomic mass is 10.1. The molecule has 0 aliphatic heterocycles. The van der Waals surface area contributed by atoms with Crippen molar-refractivity contribution in [3.8, 4) is 11.3 Å². The smallest absolute Gasteiger partial charge is 0.319 e. The monoisotopic (exact) mass is 364 g/mol. The van der Waals surface area contributed by atoms with Crippen LogP contribution in [0.15, 0.2) is 42.6 Å². The lowest BCUT2D eigenvalue weighted by Gasteiger charge is -2.17. The SMILES string of the molecule is Cc1cc(C)n(CC2(CNC(=O)Nc3ccc(-c4ccn[nH]4)cc3)CC2)n1. The van der Waals surface area contributed by atoms with Gasteiger partial charge in [0.25, 0.3) is 0 Å². The fourth-order valence-corrected chi connectivity index (χ4v) is 3.31. The van der Waals surface area contributed by atoms with Crippen molar-refractivity contribution in [2.75, 3.05) is 11.9 Å². The fraction of sp³-hybridized carbons (Fsp3) is 0.350. The number of nitrogens with one attached hydrogen (secondary N) is 3. The number of anilines is 1. The van der Waals surface area contributed by atoms with E-state index in [1.807, 2.05) is 37.3 Å². The van der Waals surface area contributed by atoms with Crippen LogP contribution in [0.4, 0.5) is 10.5 Å². The van der Waals surface area contributed by atoms with Crippen LogP contribution in [0.5, 0.6) is 0 Å². The molecule has 3 N–H and O–H groups in total. The van der Waals surface area contributed by atoms with Crippen LogP contribution in [0.1, 0.15) is 24.2 Å². The highest BCUT2D eigenvalue weighted by molar-refractivity contribution is 5.89. The van der Waals surface area contributed by atoms with Gasteiger partial charge in [-0.3, -0.25) is 9.78 Å². The van der Waals surface area contributed by atoms with E-state index in [-0.39, 0.29) is 11.4 Å². The van der Waals surface area contributed by atoms with E-state index < -0.39 is 0 Å². The average Bonchev–Trinajstić information content (AvgIpc) is 3.05. The second-order valence-corrected chi connectivity index (χ2v) is 7.44. The van der Waals surface area contributed by atoms with Gasteiger partial charge in [-0.2, -0.15) is 10.2 Å². The van der Waals surface area contributed by atoms with Crippen molar-refractivity contribution < 1.29 is 4.79 Å². The molecule has 140 valence electrons. The maximum atomic E-state index is 12.3. The zero-order valence-electron chi connectivity index (χ0n) is 15.6. The van der Waals surface area contributed by atoms with E-state index >= 15 is 0 Å². The second-order valence-electron chi connectivity index (χ2n) is 7.44. The molecule has 2 amide bonds. The number of hydrogen-bond acceptors (Lipinski definition) is 3. The molecule has 1 fully saturated rings. The highest BCUT2D eigenvalue weighted by Crippen LogP contribution is 2.46. The predicted octanol–water partition coefficient (Wildman–Crippen LogP) is 3.49. The van der Waals surface area contributed by atoms with Gasteiger partial charge in [0, 0.05) is 36.1 Å². The van der Waals surface area contributed by atoms with Crippen molar-refractivity contribution in [3.63, 3.8) is 0 Å². The standard InChI is InChI=1S/C20H24N6O/c1-14-11-15(2)26(25-14)13-20(8-9-20)12-21-19(27)23-17-5-3-16(4-6-17)18-7-10-22-24-18/h3-7,10-11H,8-9,12-13H2,1-2H3,(H,22,24)(H2,21,23,27). The summed E-state index contributed by atoms with van der Waals surface area (Å²) in [6.45, 7) is 5.59. The zero-order chi connectivity index (χ0) is 18.9. The first kappa shape index (κ1) is 17.3. The number of rotatable bonds is 6. The van der Waals surface area contributed by atoms with E-state index in [1.54, 1.807) is 6.20 Å². The van der Waals surface area contributed by atoms with Gasteiger partial charge in [-0.25, -0.2) is 4.79 Å². The lowest BCUT2D eigenvalue weighted by molar-refractivity contribution is 0.247. The molecule has 1 aliphatic carbocycles. The van der Waals surface area contributed by atoms with Crippen LogP contribution in [0, 0.1) is 19.3 Å². The van der Waals surface area contributed by atoms with E-state index in [4.69, 9.17) is 0 Å². The van der Waals surface area contributed by atoms with Gasteiger partial charge < -0.3 is 10.6 Å². The van der Waals surface area contributed by atoms with Crippen LogP contribution < -0.4 is 10.6 Å². The van der Waals surface area contributed by atoms with Crippen LogP contribution in [0.25, 0.3) is 11.3 Å². The summed E-state index contributed by atoms with van der Waals surface area (Å²) in [5, 5.41) is 17.3. The third-order valence-electron chi connectivity index (χ3n) is 5.12. The molecule has 0 atom stereocenters. The fourth-order valence-electron chi connectivity index (χ4n) is 3.31. The Kier molecular flexibility index (Phi) is 4.43. The lowest BCUT2D eigenvalue weighted by Crippen LogP contribution is -2.35. The van der Waals surface area contributed by atoms with Crippen LogP contribution in [-0.4, -0.2) is 32.6 Å². The van der Waals surface area contributed by atoms with Gasteiger partial charge in [-0.05, 0) is 56.5 Å². The molecule has 7 heteroatoms.